The predicted octanol–water partition coefficient (Wildman–Crippen LogP) is 2.25. The summed E-state index contributed by atoms with van der Waals surface area (Å²) in [5, 5.41) is 2.37. The van der Waals surface area contributed by atoms with Crippen molar-refractivity contribution < 1.29 is 17.4 Å². The lowest BCUT2D eigenvalue weighted by Gasteiger charge is -2.09. The molecular weight excluding hydrogens is 292 g/mol. The molecule has 0 aliphatic heterocycles. The largest absolute Gasteiger partial charge is 0.379 e. The van der Waals surface area contributed by atoms with Gasteiger partial charge in [-0.2, -0.15) is 8.42 Å². The number of anilines is 1. The lowest BCUT2D eigenvalue weighted by Crippen LogP contribution is -2.19. The van der Waals surface area contributed by atoms with Crippen LogP contribution in [0, 0.1) is 6.92 Å². The summed E-state index contributed by atoms with van der Waals surface area (Å²) in [7, 11) is -3.89. The van der Waals surface area contributed by atoms with Crippen molar-refractivity contribution in [3.8, 4) is 5.75 Å². The number of hydrogen-bond donors (Lipinski definition) is 2. The van der Waals surface area contributed by atoms with Crippen LogP contribution in [0.2, 0.25) is 0 Å². The molecule has 0 unspecified atom stereocenters. The van der Waals surface area contributed by atoms with Crippen LogP contribution >= 0.6 is 0 Å². The van der Waals surface area contributed by atoms with Gasteiger partial charge in [-0.15, -0.1) is 0 Å². The molecule has 0 fully saturated rings. The first-order valence-electron chi connectivity index (χ1n) is 6.05. The van der Waals surface area contributed by atoms with Gasteiger partial charge in [-0.3, -0.25) is 0 Å². The van der Waals surface area contributed by atoms with E-state index in [0.717, 1.165) is 0 Å². The normalized spacial score (nSPS) is 10.9. The molecule has 2 aromatic carbocycles. The Labute approximate surface area is 122 Å². The Morgan fingerprint density at radius 2 is 1.71 bits per heavy atom. The average molecular weight is 306 g/mol. The predicted molar refractivity (Wildman–Crippen MR) is 78.6 cm³/mol. The summed E-state index contributed by atoms with van der Waals surface area (Å²) in [6.45, 7) is 1.69. The van der Waals surface area contributed by atoms with Crippen molar-refractivity contribution in [3.05, 3.63) is 54.1 Å². The number of carbonyl (C=O) groups excluding carboxylic acids is 1. The number of benzene rings is 2. The highest BCUT2D eigenvalue weighted by Gasteiger charge is 2.18. The molecule has 2 aromatic rings. The summed E-state index contributed by atoms with van der Waals surface area (Å²) in [5.74, 6) is 0.147. The number of urea groups is 1. The van der Waals surface area contributed by atoms with Crippen molar-refractivity contribution >= 4 is 21.8 Å². The zero-order valence-corrected chi connectivity index (χ0v) is 12.1. The minimum absolute atomic E-state index is 0.115. The van der Waals surface area contributed by atoms with Gasteiger partial charge >= 0.3 is 16.1 Å². The van der Waals surface area contributed by atoms with E-state index in [9.17, 15) is 13.2 Å². The van der Waals surface area contributed by atoms with Gasteiger partial charge in [0.05, 0.1) is 0 Å². The van der Waals surface area contributed by atoms with Crippen molar-refractivity contribution in [1.29, 1.82) is 0 Å². The van der Waals surface area contributed by atoms with Crippen molar-refractivity contribution in [3.63, 3.8) is 0 Å². The number of aryl methyl sites for hydroxylation is 1. The van der Waals surface area contributed by atoms with Crippen LogP contribution in [0.25, 0.3) is 0 Å². The number of nitrogens with one attached hydrogen (secondary N) is 1. The zero-order valence-electron chi connectivity index (χ0n) is 11.2. The fourth-order valence-corrected chi connectivity index (χ4v) is 2.91. The molecule has 2 rings (SSSR count). The maximum Gasteiger partial charge on any atom is 0.339 e. The average Bonchev–Trinajstić information content (AvgIpc) is 2.40. The molecule has 2 amide bonds. The van der Waals surface area contributed by atoms with Crippen LogP contribution in [0.5, 0.6) is 5.75 Å². The number of rotatable bonds is 4. The van der Waals surface area contributed by atoms with Crippen LogP contribution in [-0.4, -0.2) is 14.4 Å². The van der Waals surface area contributed by atoms with E-state index in [1.54, 1.807) is 25.1 Å². The molecule has 21 heavy (non-hydrogen) atoms. The molecule has 0 heterocycles. The topological polar surface area (TPSA) is 98.5 Å². The molecule has 110 valence electrons. The Kier molecular flexibility index (Phi) is 4.13. The minimum Gasteiger partial charge on any atom is -0.379 e. The first-order chi connectivity index (χ1) is 9.88. The van der Waals surface area contributed by atoms with Crippen molar-refractivity contribution in [2.45, 2.75) is 11.8 Å². The Hall–Kier alpha value is -2.54. The highest BCUT2D eigenvalue weighted by atomic mass is 32.2. The monoisotopic (exact) mass is 306 g/mol. The quantitative estimate of drug-likeness (QED) is 0.846. The van der Waals surface area contributed by atoms with E-state index in [2.05, 4.69) is 5.32 Å². The fraction of sp³-hybridized carbons (Fsp3) is 0.0714. The van der Waals surface area contributed by atoms with Crippen molar-refractivity contribution in [2.75, 3.05) is 5.32 Å². The van der Waals surface area contributed by atoms with E-state index in [-0.39, 0.29) is 10.6 Å². The molecule has 0 aliphatic carbocycles. The second-order valence-electron chi connectivity index (χ2n) is 4.32. The van der Waals surface area contributed by atoms with Crippen LogP contribution in [0.4, 0.5) is 10.5 Å². The lowest BCUT2D eigenvalue weighted by molar-refractivity contribution is 0.259. The zero-order chi connectivity index (χ0) is 15.5. The number of primary amides is 1. The smallest absolute Gasteiger partial charge is 0.339 e. The SMILES string of the molecule is Cc1ccccc1S(=O)(=O)Oc1ccc(NC(N)=O)cc1. The second-order valence-corrected chi connectivity index (χ2v) is 5.83. The Morgan fingerprint density at radius 1 is 1.10 bits per heavy atom. The first-order valence-corrected chi connectivity index (χ1v) is 7.46. The number of amides is 2. The summed E-state index contributed by atoms with van der Waals surface area (Å²) in [5.41, 5.74) is 6.03. The molecular formula is C14H14N2O4S. The summed E-state index contributed by atoms with van der Waals surface area (Å²) in [6.07, 6.45) is 0. The van der Waals surface area contributed by atoms with Gasteiger partial charge in [0.1, 0.15) is 10.6 Å². The molecule has 7 heteroatoms. The van der Waals surface area contributed by atoms with Gasteiger partial charge in [0.15, 0.2) is 0 Å². The molecule has 3 N–H and O–H groups in total. The lowest BCUT2D eigenvalue weighted by atomic mass is 10.2. The van der Waals surface area contributed by atoms with Gasteiger partial charge in [-0.05, 0) is 42.8 Å². The number of carbonyl (C=O) groups is 1. The van der Waals surface area contributed by atoms with Crippen LogP contribution in [0.1, 0.15) is 5.56 Å². The standard InChI is InChI=1S/C14H14N2O4S/c1-10-4-2-3-5-13(10)21(18,19)20-12-8-6-11(7-9-12)16-14(15)17/h2-9H,1H3,(H3,15,16,17). The van der Waals surface area contributed by atoms with Crippen molar-refractivity contribution in [2.24, 2.45) is 5.73 Å². The maximum atomic E-state index is 12.2. The third kappa shape index (κ3) is 3.73. The Morgan fingerprint density at radius 3 is 2.29 bits per heavy atom. The number of nitrogens with two attached hydrogens (primary N) is 1. The van der Waals surface area contributed by atoms with E-state index >= 15 is 0 Å². The fourth-order valence-electron chi connectivity index (χ4n) is 1.74. The van der Waals surface area contributed by atoms with Crippen LogP contribution < -0.4 is 15.2 Å². The third-order valence-corrected chi connectivity index (χ3v) is 4.10. The van der Waals surface area contributed by atoms with Gasteiger partial charge in [-0.25, -0.2) is 4.79 Å². The minimum atomic E-state index is -3.89. The molecule has 0 radical (unpaired) electrons. The van der Waals surface area contributed by atoms with Gasteiger partial charge < -0.3 is 15.2 Å². The second kappa shape index (κ2) is 5.84. The number of hydrogen-bond acceptors (Lipinski definition) is 4. The highest BCUT2D eigenvalue weighted by molar-refractivity contribution is 7.87. The Balaban J connectivity index is 2.21. The van der Waals surface area contributed by atoms with Crippen LogP contribution in [0.15, 0.2) is 53.4 Å². The van der Waals surface area contributed by atoms with E-state index in [1.807, 2.05) is 0 Å². The summed E-state index contributed by atoms with van der Waals surface area (Å²) in [4.78, 5) is 10.8. The molecule has 0 spiro atoms. The molecule has 0 saturated heterocycles. The molecule has 0 aromatic heterocycles. The molecule has 6 nitrogen and oxygen atoms in total. The first kappa shape index (κ1) is 14.9. The highest BCUT2D eigenvalue weighted by Crippen LogP contribution is 2.22. The van der Waals surface area contributed by atoms with Gasteiger partial charge in [0.2, 0.25) is 0 Å². The van der Waals surface area contributed by atoms with E-state index < -0.39 is 16.1 Å². The summed E-state index contributed by atoms with van der Waals surface area (Å²) in [6, 6.07) is 11.7. The van der Waals surface area contributed by atoms with E-state index in [1.165, 1.54) is 30.3 Å². The summed E-state index contributed by atoms with van der Waals surface area (Å²) >= 11 is 0. The molecule has 0 atom stereocenters. The Bertz CT molecular complexity index is 755. The van der Waals surface area contributed by atoms with Crippen LogP contribution in [0.3, 0.4) is 0 Å². The van der Waals surface area contributed by atoms with E-state index in [0.29, 0.717) is 11.3 Å². The van der Waals surface area contributed by atoms with Crippen LogP contribution in [-0.2, 0) is 10.1 Å². The van der Waals surface area contributed by atoms with Gasteiger partial charge in [-0.1, -0.05) is 18.2 Å². The van der Waals surface area contributed by atoms with Gasteiger partial charge in [0.25, 0.3) is 0 Å². The van der Waals surface area contributed by atoms with Gasteiger partial charge in [0, 0.05) is 5.69 Å². The molecule has 0 bridgehead atoms. The maximum absolute atomic E-state index is 12.2. The van der Waals surface area contributed by atoms with E-state index in [4.69, 9.17) is 9.92 Å². The molecule has 0 aliphatic rings. The molecule has 0 saturated carbocycles. The third-order valence-electron chi connectivity index (χ3n) is 2.69. The van der Waals surface area contributed by atoms with Crippen molar-refractivity contribution in [1.82, 2.24) is 0 Å². The summed E-state index contributed by atoms with van der Waals surface area (Å²) < 4.78 is 29.4.